The molecular weight excluding hydrogens is 224 g/mol. The molecule has 3 atom stereocenters. The summed E-state index contributed by atoms with van der Waals surface area (Å²) < 4.78 is 0. The Morgan fingerprint density at radius 2 is 2.22 bits per heavy atom. The Hall–Kier alpha value is -0.570. The van der Waals surface area contributed by atoms with E-state index in [0.29, 0.717) is 5.91 Å². The highest BCUT2D eigenvalue weighted by Gasteiger charge is 2.40. The molecule has 2 aliphatic rings. The van der Waals surface area contributed by atoms with Crippen LogP contribution in [0.25, 0.3) is 0 Å². The zero-order chi connectivity index (χ0) is 13.2. The summed E-state index contributed by atoms with van der Waals surface area (Å²) in [6.45, 7) is 8.16. The lowest BCUT2D eigenvalue weighted by atomic mass is 9.81. The molecule has 2 fully saturated rings. The van der Waals surface area contributed by atoms with Gasteiger partial charge in [-0.15, -0.1) is 0 Å². The van der Waals surface area contributed by atoms with Crippen molar-refractivity contribution < 1.29 is 4.79 Å². The van der Waals surface area contributed by atoms with E-state index in [9.17, 15) is 4.79 Å². The minimum absolute atomic E-state index is 0.300. The van der Waals surface area contributed by atoms with Gasteiger partial charge in [0.05, 0.1) is 12.2 Å². The fraction of sp³-hybridized carbons (Fsp3) is 0.933. The van der Waals surface area contributed by atoms with Gasteiger partial charge in [0.1, 0.15) is 0 Å². The Morgan fingerprint density at radius 1 is 1.44 bits per heavy atom. The van der Waals surface area contributed by atoms with Crippen molar-refractivity contribution in [2.24, 2.45) is 11.8 Å². The number of nitrogens with zero attached hydrogens (tertiary/aromatic N) is 1. The molecule has 0 spiro atoms. The summed E-state index contributed by atoms with van der Waals surface area (Å²) in [5.74, 6) is 2.03. The predicted octanol–water partition coefficient (Wildman–Crippen LogP) is 2.76. The van der Waals surface area contributed by atoms with E-state index in [1.807, 2.05) is 11.8 Å². The molecule has 2 rings (SSSR count). The van der Waals surface area contributed by atoms with Gasteiger partial charge in [-0.05, 0) is 38.0 Å². The van der Waals surface area contributed by atoms with E-state index >= 15 is 0 Å². The van der Waals surface area contributed by atoms with Crippen LogP contribution in [0.15, 0.2) is 0 Å². The van der Waals surface area contributed by atoms with Crippen LogP contribution >= 0.6 is 0 Å². The predicted molar refractivity (Wildman–Crippen MR) is 74.2 cm³/mol. The molecular formula is C15H28N2O. The highest BCUT2D eigenvalue weighted by atomic mass is 16.2. The molecule has 0 bridgehead atoms. The number of hydrogen-bond donors (Lipinski definition) is 1. The fourth-order valence-corrected chi connectivity index (χ4v) is 3.38. The second kappa shape index (κ2) is 5.60. The topological polar surface area (TPSA) is 32.3 Å². The lowest BCUT2D eigenvalue weighted by Crippen LogP contribution is -2.43. The van der Waals surface area contributed by atoms with Crippen molar-refractivity contribution in [1.82, 2.24) is 10.2 Å². The fourth-order valence-electron chi connectivity index (χ4n) is 3.38. The van der Waals surface area contributed by atoms with Crippen molar-refractivity contribution in [3.05, 3.63) is 0 Å². The second-order valence-electron chi connectivity index (χ2n) is 6.52. The van der Waals surface area contributed by atoms with Crippen molar-refractivity contribution in [3.63, 3.8) is 0 Å². The molecule has 1 aliphatic heterocycles. The van der Waals surface area contributed by atoms with Crippen LogP contribution in [0.1, 0.15) is 59.3 Å². The largest absolute Gasteiger partial charge is 0.328 e. The van der Waals surface area contributed by atoms with Crippen LogP contribution in [0, 0.1) is 11.8 Å². The number of rotatable bonds is 4. The first-order valence-electron chi connectivity index (χ1n) is 7.59. The van der Waals surface area contributed by atoms with Gasteiger partial charge in [0, 0.05) is 6.54 Å². The third-order valence-electron chi connectivity index (χ3n) is 4.98. The quantitative estimate of drug-likeness (QED) is 0.834. The Labute approximate surface area is 111 Å². The SMILES string of the molecule is CCC1(C)NCN(CCC2CCCC(C)C2)C1=O. The maximum atomic E-state index is 12.3. The van der Waals surface area contributed by atoms with Crippen LogP contribution in [0.3, 0.4) is 0 Å². The highest BCUT2D eigenvalue weighted by molar-refractivity contribution is 5.87. The van der Waals surface area contributed by atoms with Crippen LogP contribution < -0.4 is 5.32 Å². The number of amides is 1. The minimum atomic E-state index is -0.306. The summed E-state index contributed by atoms with van der Waals surface area (Å²) in [5.41, 5.74) is -0.306. The summed E-state index contributed by atoms with van der Waals surface area (Å²) >= 11 is 0. The van der Waals surface area contributed by atoms with Crippen molar-refractivity contribution in [2.75, 3.05) is 13.2 Å². The Morgan fingerprint density at radius 3 is 2.83 bits per heavy atom. The Bertz CT molecular complexity index is 305. The summed E-state index contributed by atoms with van der Waals surface area (Å²) in [6, 6.07) is 0. The molecule has 18 heavy (non-hydrogen) atoms. The van der Waals surface area contributed by atoms with E-state index in [4.69, 9.17) is 0 Å². The van der Waals surface area contributed by atoms with E-state index in [2.05, 4.69) is 19.2 Å². The van der Waals surface area contributed by atoms with E-state index in [1.165, 1.54) is 32.1 Å². The van der Waals surface area contributed by atoms with Crippen LogP contribution in [0.4, 0.5) is 0 Å². The molecule has 3 unspecified atom stereocenters. The number of carbonyl (C=O) groups is 1. The van der Waals surface area contributed by atoms with Crippen LogP contribution in [0.2, 0.25) is 0 Å². The second-order valence-corrected chi connectivity index (χ2v) is 6.52. The monoisotopic (exact) mass is 252 g/mol. The van der Waals surface area contributed by atoms with E-state index in [1.54, 1.807) is 0 Å². The molecule has 1 aliphatic carbocycles. The molecule has 0 aromatic carbocycles. The van der Waals surface area contributed by atoms with Gasteiger partial charge in [0.15, 0.2) is 0 Å². The van der Waals surface area contributed by atoms with E-state index in [0.717, 1.165) is 31.5 Å². The van der Waals surface area contributed by atoms with Crippen LogP contribution in [-0.2, 0) is 4.79 Å². The molecule has 1 saturated carbocycles. The van der Waals surface area contributed by atoms with Crippen LogP contribution in [-0.4, -0.2) is 29.6 Å². The zero-order valence-electron chi connectivity index (χ0n) is 12.2. The third-order valence-corrected chi connectivity index (χ3v) is 4.98. The molecule has 3 heteroatoms. The van der Waals surface area contributed by atoms with Crippen LogP contribution in [0.5, 0.6) is 0 Å². The minimum Gasteiger partial charge on any atom is -0.328 e. The first kappa shape index (κ1) is 13.9. The average molecular weight is 252 g/mol. The van der Waals surface area contributed by atoms with Gasteiger partial charge >= 0.3 is 0 Å². The van der Waals surface area contributed by atoms with Gasteiger partial charge < -0.3 is 4.90 Å². The summed E-state index contributed by atoms with van der Waals surface area (Å²) in [5, 5.41) is 3.36. The number of hydrogen-bond acceptors (Lipinski definition) is 2. The third kappa shape index (κ3) is 2.87. The maximum absolute atomic E-state index is 12.3. The maximum Gasteiger partial charge on any atom is 0.243 e. The smallest absolute Gasteiger partial charge is 0.243 e. The number of nitrogens with one attached hydrogen (secondary N) is 1. The van der Waals surface area contributed by atoms with Crippen molar-refractivity contribution in [1.29, 1.82) is 0 Å². The number of carbonyl (C=O) groups excluding carboxylic acids is 1. The Balaban J connectivity index is 1.79. The summed E-state index contributed by atoms with van der Waals surface area (Å²) in [6.07, 6.45) is 7.57. The van der Waals surface area contributed by atoms with Crippen molar-refractivity contribution in [2.45, 2.75) is 64.8 Å². The average Bonchev–Trinajstić information content (AvgIpc) is 2.65. The molecule has 3 nitrogen and oxygen atoms in total. The lowest BCUT2D eigenvalue weighted by Gasteiger charge is -2.28. The molecule has 1 heterocycles. The molecule has 1 N–H and O–H groups in total. The summed E-state index contributed by atoms with van der Waals surface area (Å²) in [7, 11) is 0. The van der Waals surface area contributed by atoms with Gasteiger partial charge in [-0.25, -0.2) is 0 Å². The van der Waals surface area contributed by atoms with Gasteiger partial charge in [-0.3, -0.25) is 10.1 Å². The highest BCUT2D eigenvalue weighted by Crippen LogP contribution is 2.31. The van der Waals surface area contributed by atoms with E-state index in [-0.39, 0.29) is 5.54 Å². The van der Waals surface area contributed by atoms with E-state index < -0.39 is 0 Å². The summed E-state index contributed by atoms with van der Waals surface area (Å²) in [4.78, 5) is 14.3. The zero-order valence-corrected chi connectivity index (χ0v) is 12.2. The molecule has 104 valence electrons. The molecule has 1 saturated heterocycles. The van der Waals surface area contributed by atoms with Gasteiger partial charge in [0.2, 0.25) is 5.91 Å². The van der Waals surface area contributed by atoms with Gasteiger partial charge in [-0.1, -0.05) is 33.1 Å². The standard InChI is InChI=1S/C15H28N2O/c1-4-15(3)14(18)17(11-16-15)9-8-13-7-5-6-12(2)10-13/h12-13,16H,4-11H2,1-3H3. The van der Waals surface area contributed by atoms with Gasteiger partial charge in [0.25, 0.3) is 0 Å². The van der Waals surface area contributed by atoms with Crippen molar-refractivity contribution in [3.8, 4) is 0 Å². The molecule has 1 amide bonds. The molecule has 0 radical (unpaired) electrons. The van der Waals surface area contributed by atoms with Gasteiger partial charge in [-0.2, -0.15) is 0 Å². The lowest BCUT2D eigenvalue weighted by molar-refractivity contribution is -0.132. The Kier molecular flexibility index (Phi) is 4.31. The molecule has 0 aromatic heterocycles. The first-order valence-corrected chi connectivity index (χ1v) is 7.59. The first-order chi connectivity index (χ1) is 8.55. The van der Waals surface area contributed by atoms with Crippen molar-refractivity contribution >= 4 is 5.91 Å². The molecule has 0 aromatic rings. The normalized spacial score (nSPS) is 37.3.